The molecule has 2 aromatic heterocycles. The van der Waals surface area contributed by atoms with Gasteiger partial charge in [-0.1, -0.05) is 31.0 Å². The molecule has 0 bridgehead atoms. The fourth-order valence-electron chi connectivity index (χ4n) is 4.29. The van der Waals surface area contributed by atoms with Crippen molar-refractivity contribution in [1.29, 1.82) is 0 Å². The van der Waals surface area contributed by atoms with Gasteiger partial charge in [-0.15, -0.1) is 11.3 Å². The fourth-order valence-corrected chi connectivity index (χ4v) is 4.99. The molecule has 1 aliphatic carbocycles. The molecule has 3 aromatic rings. The maximum absolute atomic E-state index is 13.6. The van der Waals surface area contributed by atoms with Crippen LogP contribution in [0.25, 0.3) is 0 Å². The molecule has 174 valence electrons. The zero-order valence-corrected chi connectivity index (χ0v) is 19.9. The highest BCUT2D eigenvalue weighted by Gasteiger charge is 2.35. The Labute approximate surface area is 198 Å². The number of benzene rings is 1. The zero-order chi connectivity index (χ0) is 23.2. The lowest BCUT2D eigenvalue weighted by molar-refractivity contribution is -0.142. The Hall–Kier alpha value is -3.06. The normalized spacial score (nSPS) is 14.7. The highest BCUT2D eigenvalue weighted by Crippen LogP contribution is 2.29. The van der Waals surface area contributed by atoms with Gasteiger partial charge in [-0.05, 0) is 61.0 Å². The second kappa shape index (κ2) is 10.7. The Morgan fingerprint density at radius 1 is 1.15 bits per heavy atom. The molecule has 2 heterocycles. The minimum atomic E-state index is -0.839. The summed E-state index contributed by atoms with van der Waals surface area (Å²) in [5.41, 5.74) is 0.914. The number of furan rings is 1. The number of carbonyl (C=O) groups excluding carboxylic acids is 2. The van der Waals surface area contributed by atoms with E-state index in [1.54, 1.807) is 18.1 Å². The van der Waals surface area contributed by atoms with Crippen molar-refractivity contribution in [2.24, 2.45) is 0 Å². The molecular weight excluding hydrogens is 436 g/mol. The third kappa shape index (κ3) is 5.85. The van der Waals surface area contributed by atoms with Crippen molar-refractivity contribution >= 4 is 23.2 Å². The summed E-state index contributed by atoms with van der Waals surface area (Å²) in [5.74, 6) is 1.63. The smallest absolute Gasteiger partial charge is 0.250 e. The Kier molecular flexibility index (Phi) is 7.50. The number of amides is 2. The first-order valence-corrected chi connectivity index (χ1v) is 12.2. The van der Waals surface area contributed by atoms with E-state index in [0.29, 0.717) is 11.5 Å². The number of carbonyl (C=O) groups is 2. The van der Waals surface area contributed by atoms with E-state index in [1.165, 1.54) is 11.3 Å². The van der Waals surface area contributed by atoms with E-state index in [4.69, 9.17) is 9.15 Å². The standard InChI is InChI=1S/C26H30N2O4S/c1-18-9-14-23(32-18)25(26(30)27-20-6-3-4-7-20)28(24(29)16-22-8-5-15-33-22)17-19-10-12-21(31-2)13-11-19/h5,8-15,20,25H,3-4,6-7,16-17H2,1-2H3,(H,27,30)/t25-/m1/s1. The first-order valence-electron chi connectivity index (χ1n) is 11.3. The number of nitrogens with zero attached hydrogens (tertiary/aromatic N) is 1. The van der Waals surface area contributed by atoms with Crippen LogP contribution in [0.1, 0.15) is 53.7 Å². The molecule has 7 heteroatoms. The van der Waals surface area contributed by atoms with Gasteiger partial charge in [0, 0.05) is 17.5 Å². The largest absolute Gasteiger partial charge is 0.497 e. The van der Waals surface area contributed by atoms with E-state index in [0.717, 1.165) is 41.9 Å². The third-order valence-electron chi connectivity index (χ3n) is 6.03. The molecule has 4 rings (SSSR count). The van der Waals surface area contributed by atoms with Gasteiger partial charge in [0.25, 0.3) is 5.91 Å². The van der Waals surface area contributed by atoms with Gasteiger partial charge in [0.1, 0.15) is 17.3 Å². The van der Waals surface area contributed by atoms with E-state index < -0.39 is 6.04 Å². The lowest BCUT2D eigenvalue weighted by Gasteiger charge is -2.31. The van der Waals surface area contributed by atoms with Gasteiger partial charge < -0.3 is 19.4 Å². The maximum atomic E-state index is 13.6. The summed E-state index contributed by atoms with van der Waals surface area (Å²) in [4.78, 5) is 29.8. The second-order valence-corrected chi connectivity index (χ2v) is 9.50. The predicted molar refractivity (Wildman–Crippen MR) is 128 cm³/mol. The van der Waals surface area contributed by atoms with Crippen molar-refractivity contribution in [3.05, 3.63) is 75.9 Å². The van der Waals surface area contributed by atoms with E-state index in [-0.39, 0.29) is 30.8 Å². The molecule has 1 N–H and O–H groups in total. The van der Waals surface area contributed by atoms with E-state index in [1.807, 2.05) is 54.8 Å². The second-order valence-electron chi connectivity index (χ2n) is 8.47. The average molecular weight is 467 g/mol. The van der Waals surface area contributed by atoms with Crippen molar-refractivity contribution in [3.8, 4) is 5.75 Å². The van der Waals surface area contributed by atoms with Crippen LogP contribution in [-0.2, 0) is 22.6 Å². The van der Waals surface area contributed by atoms with Crippen molar-refractivity contribution in [1.82, 2.24) is 10.2 Å². The van der Waals surface area contributed by atoms with Crippen LogP contribution in [0.3, 0.4) is 0 Å². The summed E-state index contributed by atoms with van der Waals surface area (Å²) in [6.45, 7) is 2.13. The number of methoxy groups -OCH3 is 1. The van der Waals surface area contributed by atoms with Gasteiger partial charge in [0.2, 0.25) is 5.91 Å². The zero-order valence-electron chi connectivity index (χ0n) is 19.1. The molecule has 0 saturated heterocycles. The minimum Gasteiger partial charge on any atom is -0.497 e. The molecule has 33 heavy (non-hydrogen) atoms. The Bertz CT molecular complexity index is 1050. The number of nitrogens with one attached hydrogen (secondary N) is 1. The van der Waals surface area contributed by atoms with Crippen LogP contribution >= 0.6 is 11.3 Å². The van der Waals surface area contributed by atoms with E-state index in [9.17, 15) is 9.59 Å². The van der Waals surface area contributed by atoms with Gasteiger partial charge in [-0.2, -0.15) is 0 Å². The lowest BCUT2D eigenvalue weighted by atomic mass is 10.1. The van der Waals surface area contributed by atoms with Gasteiger partial charge in [-0.3, -0.25) is 9.59 Å². The number of rotatable bonds is 9. The van der Waals surface area contributed by atoms with E-state index in [2.05, 4.69) is 5.32 Å². The monoisotopic (exact) mass is 466 g/mol. The van der Waals surface area contributed by atoms with Crippen LogP contribution in [0.4, 0.5) is 0 Å². The topological polar surface area (TPSA) is 71.8 Å². The molecular formula is C26H30N2O4S. The summed E-state index contributed by atoms with van der Waals surface area (Å²) < 4.78 is 11.2. The molecule has 1 aromatic carbocycles. The van der Waals surface area contributed by atoms with Gasteiger partial charge in [0.15, 0.2) is 6.04 Å². The first-order chi connectivity index (χ1) is 16.0. The van der Waals surface area contributed by atoms with Gasteiger partial charge in [0.05, 0.1) is 13.5 Å². The molecule has 6 nitrogen and oxygen atoms in total. The number of aryl methyl sites for hydroxylation is 1. The quantitative estimate of drug-likeness (QED) is 0.480. The predicted octanol–water partition coefficient (Wildman–Crippen LogP) is 5.03. The van der Waals surface area contributed by atoms with Crippen LogP contribution in [0.15, 0.2) is 58.3 Å². The Balaban J connectivity index is 1.66. The van der Waals surface area contributed by atoms with Crippen LogP contribution in [-0.4, -0.2) is 29.9 Å². The molecule has 0 radical (unpaired) electrons. The van der Waals surface area contributed by atoms with Crippen LogP contribution in [0.2, 0.25) is 0 Å². The summed E-state index contributed by atoms with van der Waals surface area (Å²) in [6.07, 6.45) is 4.40. The summed E-state index contributed by atoms with van der Waals surface area (Å²) in [5, 5.41) is 5.13. The van der Waals surface area contributed by atoms with Gasteiger partial charge in [-0.25, -0.2) is 0 Å². The minimum absolute atomic E-state index is 0.117. The van der Waals surface area contributed by atoms with Crippen LogP contribution in [0, 0.1) is 6.92 Å². The number of ether oxygens (including phenoxy) is 1. The summed E-state index contributed by atoms with van der Waals surface area (Å²) in [6, 6.07) is 14.4. The first kappa shape index (κ1) is 23.1. The highest BCUT2D eigenvalue weighted by atomic mass is 32.1. The van der Waals surface area contributed by atoms with Crippen LogP contribution in [0.5, 0.6) is 5.75 Å². The van der Waals surface area contributed by atoms with Crippen LogP contribution < -0.4 is 10.1 Å². The number of hydrogen-bond acceptors (Lipinski definition) is 5. The van der Waals surface area contributed by atoms with Crippen molar-refractivity contribution in [2.45, 2.75) is 57.7 Å². The lowest BCUT2D eigenvalue weighted by Crippen LogP contribution is -2.46. The Morgan fingerprint density at radius 2 is 1.91 bits per heavy atom. The fraction of sp³-hybridized carbons (Fsp3) is 0.385. The van der Waals surface area contributed by atoms with E-state index >= 15 is 0 Å². The highest BCUT2D eigenvalue weighted by molar-refractivity contribution is 7.10. The molecule has 0 aliphatic heterocycles. The molecule has 1 atom stereocenters. The maximum Gasteiger partial charge on any atom is 0.250 e. The average Bonchev–Trinajstić information content (AvgIpc) is 3.58. The molecule has 1 fully saturated rings. The van der Waals surface area contributed by atoms with Crippen molar-refractivity contribution in [2.75, 3.05) is 7.11 Å². The molecule has 1 saturated carbocycles. The third-order valence-corrected chi connectivity index (χ3v) is 6.91. The van der Waals surface area contributed by atoms with Crippen molar-refractivity contribution < 1.29 is 18.7 Å². The molecule has 2 amide bonds. The SMILES string of the molecule is COc1ccc(CN(C(=O)Cc2cccs2)[C@@H](C(=O)NC2CCCC2)c2ccc(C)o2)cc1. The van der Waals surface area contributed by atoms with Crippen molar-refractivity contribution in [3.63, 3.8) is 0 Å². The number of hydrogen-bond donors (Lipinski definition) is 1. The number of thiophene rings is 1. The summed E-state index contributed by atoms with van der Waals surface area (Å²) in [7, 11) is 1.62. The molecule has 1 aliphatic rings. The molecule has 0 unspecified atom stereocenters. The Morgan fingerprint density at radius 3 is 2.52 bits per heavy atom. The molecule has 0 spiro atoms. The summed E-state index contributed by atoms with van der Waals surface area (Å²) >= 11 is 1.54. The van der Waals surface area contributed by atoms with Gasteiger partial charge >= 0.3 is 0 Å².